The van der Waals surface area contributed by atoms with Crippen molar-refractivity contribution in [2.45, 2.75) is 63.5 Å². The second kappa shape index (κ2) is 6.55. The number of piperidine rings is 1. The Kier molecular flexibility index (Phi) is 5.27. The normalized spacial score (nSPS) is 37.7. The van der Waals surface area contributed by atoms with E-state index in [0.717, 1.165) is 12.5 Å². The first-order valence-electron chi connectivity index (χ1n) is 8.25. The van der Waals surface area contributed by atoms with Crippen LogP contribution in [0, 0.1) is 5.92 Å². The second-order valence-electron chi connectivity index (χ2n) is 6.83. The molecule has 0 aromatic carbocycles. The van der Waals surface area contributed by atoms with Crippen molar-refractivity contribution >= 4 is 0 Å². The summed E-state index contributed by atoms with van der Waals surface area (Å²) in [5.74, 6) is 0.795. The van der Waals surface area contributed by atoms with E-state index in [1.807, 2.05) is 0 Å². The molecule has 0 aromatic rings. The fraction of sp³-hybridized carbons (Fsp3) is 1.00. The number of likely N-dealkylation sites (tertiary alicyclic amines) is 1. The van der Waals surface area contributed by atoms with Gasteiger partial charge in [0.1, 0.15) is 0 Å². The Bertz CT molecular complexity index is 281. The maximum Gasteiger partial charge on any atom is 0.0360 e. The average Bonchev–Trinajstić information content (AvgIpc) is 2.46. The molecule has 0 aromatic heterocycles. The molecular weight excluding hydrogens is 234 g/mol. The topological polar surface area (TPSA) is 32.5 Å². The molecule has 19 heavy (non-hydrogen) atoms. The second-order valence-corrected chi connectivity index (χ2v) is 6.83. The monoisotopic (exact) mass is 267 g/mol. The zero-order chi connectivity index (χ0) is 13.9. The minimum atomic E-state index is 0.274. The number of hydrogen-bond donors (Lipinski definition) is 1. The maximum absolute atomic E-state index is 6.29. The molecule has 3 atom stereocenters. The van der Waals surface area contributed by atoms with Gasteiger partial charge >= 0.3 is 0 Å². The Morgan fingerprint density at radius 1 is 1.26 bits per heavy atom. The van der Waals surface area contributed by atoms with Crippen molar-refractivity contribution < 1.29 is 0 Å². The van der Waals surface area contributed by atoms with Gasteiger partial charge in [-0.1, -0.05) is 26.2 Å². The summed E-state index contributed by atoms with van der Waals surface area (Å²) in [6.07, 6.45) is 9.41. The van der Waals surface area contributed by atoms with Crippen LogP contribution in [0.4, 0.5) is 0 Å². The fourth-order valence-electron chi connectivity index (χ4n) is 4.57. The fourth-order valence-corrected chi connectivity index (χ4v) is 4.57. The molecule has 1 saturated heterocycles. The van der Waals surface area contributed by atoms with Gasteiger partial charge in [0.25, 0.3) is 0 Å². The molecule has 2 rings (SSSR count). The summed E-state index contributed by atoms with van der Waals surface area (Å²) in [7, 11) is 4.61. The Morgan fingerprint density at radius 2 is 2.05 bits per heavy atom. The van der Waals surface area contributed by atoms with E-state index in [2.05, 4.69) is 30.8 Å². The van der Waals surface area contributed by atoms with Gasteiger partial charge in [-0.05, 0) is 52.2 Å². The van der Waals surface area contributed by atoms with Crippen LogP contribution in [0.1, 0.15) is 51.9 Å². The van der Waals surface area contributed by atoms with Crippen LogP contribution < -0.4 is 5.73 Å². The summed E-state index contributed by atoms with van der Waals surface area (Å²) < 4.78 is 0. The van der Waals surface area contributed by atoms with E-state index in [0.29, 0.717) is 6.04 Å². The van der Waals surface area contributed by atoms with Crippen LogP contribution in [-0.2, 0) is 0 Å². The summed E-state index contributed by atoms with van der Waals surface area (Å²) in [5.41, 5.74) is 6.56. The van der Waals surface area contributed by atoms with E-state index < -0.39 is 0 Å². The Hall–Kier alpha value is -0.120. The number of rotatable bonds is 4. The van der Waals surface area contributed by atoms with Crippen LogP contribution in [0.25, 0.3) is 0 Å². The highest BCUT2D eigenvalue weighted by Crippen LogP contribution is 2.40. The first-order valence-corrected chi connectivity index (χ1v) is 8.25. The largest absolute Gasteiger partial charge is 0.329 e. The molecule has 3 unspecified atom stereocenters. The summed E-state index contributed by atoms with van der Waals surface area (Å²) in [5, 5.41) is 0. The van der Waals surface area contributed by atoms with Gasteiger partial charge in [-0.15, -0.1) is 0 Å². The van der Waals surface area contributed by atoms with Crippen molar-refractivity contribution in [1.29, 1.82) is 0 Å². The molecule has 0 spiro atoms. The van der Waals surface area contributed by atoms with Crippen LogP contribution in [0.15, 0.2) is 0 Å². The molecule has 0 amide bonds. The SMILES string of the molecule is CCC1CCCCC1(CN)N(C)C1CCCN(C)C1. The summed E-state index contributed by atoms with van der Waals surface area (Å²) in [6.45, 7) is 5.66. The number of hydrogen-bond acceptors (Lipinski definition) is 3. The molecule has 2 N–H and O–H groups in total. The summed E-state index contributed by atoms with van der Waals surface area (Å²) >= 11 is 0. The van der Waals surface area contributed by atoms with E-state index in [-0.39, 0.29) is 5.54 Å². The van der Waals surface area contributed by atoms with E-state index in [9.17, 15) is 0 Å². The van der Waals surface area contributed by atoms with E-state index >= 15 is 0 Å². The predicted molar refractivity (Wildman–Crippen MR) is 82.3 cm³/mol. The average molecular weight is 267 g/mol. The molecule has 0 radical (unpaired) electrons. The lowest BCUT2D eigenvalue weighted by molar-refractivity contribution is -0.0249. The van der Waals surface area contributed by atoms with Gasteiger partial charge in [-0.2, -0.15) is 0 Å². The van der Waals surface area contributed by atoms with Crippen LogP contribution in [0.5, 0.6) is 0 Å². The molecule has 1 aliphatic heterocycles. The Labute approximate surface area is 119 Å². The standard InChI is InChI=1S/C16H33N3/c1-4-14-8-5-6-10-16(14,13-17)19(3)15-9-7-11-18(2)12-15/h14-15H,4-13,17H2,1-3H3. The molecule has 1 heterocycles. The third kappa shape index (κ3) is 2.98. The Balaban J connectivity index is 2.13. The highest BCUT2D eigenvalue weighted by atomic mass is 15.3. The minimum absolute atomic E-state index is 0.274. The molecule has 1 aliphatic carbocycles. The van der Waals surface area contributed by atoms with Gasteiger partial charge in [-0.3, -0.25) is 4.90 Å². The molecular formula is C16H33N3. The van der Waals surface area contributed by atoms with E-state index in [1.54, 1.807) is 0 Å². The lowest BCUT2D eigenvalue weighted by Crippen LogP contribution is -2.63. The quantitative estimate of drug-likeness (QED) is 0.848. The minimum Gasteiger partial charge on any atom is -0.329 e. The van der Waals surface area contributed by atoms with Gasteiger partial charge in [0.15, 0.2) is 0 Å². The lowest BCUT2D eigenvalue weighted by atomic mass is 9.69. The molecule has 1 saturated carbocycles. The maximum atomic E-state index is 6.29. The predicted octanol–water partition coefficient (Wildman–Crippen LogP) is 2.31. The first-order chi connectivity index (χ1) is 9.14. The van der Waals surface area contributed by atoms with Crippen molar-refractivity contribution in [2.75, 3.05) is 33.7 Å². The lowest BCUT2D eigenvalue weighted by Gasteiger charge is -2.53. The van der Waals surface area contributed by atoms with Gasteiger partial charge in [0, 0.05) is 24.7 Å². The number of nitrogens with two attached hydrogens (primary N) is 1. The van der Waals surface area contributed by atoms with Crippen LogP contribution in [0.3, 0.4) is 0 Å². The van der Waals surface area contributed by atoms with E-state index in [4.69, 9.17) is 5.73 Å². The molecule has 112 valence electrons. The van der Waals surface area contributed by atoms with Gasteiger partial charge in [0.05, 0.1) is 0 Å². The van der Waals surface area contributed by atoms with Crippen molar-refractivity contribution in [2.24, 2.45) is 11.7 Å². The molecule has 2 aliphatic rings. The summed E-state index contributed by atoms with van der Waals surface area (Å²) in [6, 6.07) is 0.703. The highest BCUT2D eigenvalue weighted by Gasteiger charge is 2.44. The van der Waals surface area contributed by atoms with Crippen LogP contribution >= 0.6 is 0 Å². The number of likely N-dealkylation sites (N-methyl/N-ethyl adjacent to an activating group) is 2. The van der Waals surface area contributed by atoms with Gasteiger partial charge in [0.2, 0.25) is 0 Å². The summed E-state index contributed by atoms with van der Waals surface area (Å²) in [4.78, 5) is 5.18. The molecule has 0 bridgehead atoms. The zero-order valence-electron chi connectivity index (χ0n) is 13.2. The third-order valence-electron chi connectivity index (χ3n) is 5.87. The smallest absolute Gasteiger partial charge is 0.0360 e. The zero-order valence-corrected chi connectivity index (χ0v) is 13.2. The van der Waals surface area contributed by atoms with Crippen molar-refractivity contribution in [1.82, 2.24) is 9.80 Å². The molecule has 2 fully saturated rings. The highest BCUT2D eigenvalue weighted by molar-refractivity contribution is 5.01. The van der Waals surface area contributed by atoms with Crippen molar-refractivity contribution in [3.8, 4) is 0 Å². The van der Waals surface area contributed by atoms with Crippen molar-refractivity contribution in [3.05, 3.63) is 0 Å². The van der Waals surface area contributed by atoms with Gasteiger partial charge < -0.3 is 10.6 Å². The first kappa shape index (κ1) is 15.3. The van der Waals surface area contributed by atoms with Crippen LogP contribution in [-0.4, -0.2) is 55.1 Å². The van der Waals surface area contributed by atoms with Crippen molar-refractivity contribution in [3.63, 3.8) is 0 Å². The number of nitrogens with zero attached hydrogens (tertiary/aromatic N) is 2. The molecule has 3 nitrogen and oxygen atoms in total. The van der Waals surface area contributed by atoms with E-state index in [1.165, 1.54) is 58.0 Å². The Morgan fingerprint density at radius 3 is 2.68 bits per heavy atom. The van der Waals surface area contributed by atoms with Crippen LogP contribution in [0.2, 0.25) is 0 Å². The molecule has 3 heteroatoms. The van der Waals surface area contributed by atoms with Gasteiger partial charge in [-0.25, -0.2) is 0 Å². The third-order valence-corrected chi connectivity index (χ3v) is 5.87.